The first-order valence-corrected chi connectivity index (χ1v) is 4.06. The fraction of sp³-hybridized carbons (Fsp3) is 0.286. The third-order valence-corrected chi connectivity index (χ3v) is 1.82. The fourth-order valence-electron chi connectivity index (χ4n) is 0.596. The van der Waals surface area contributed by atoms with Gasteiger partial charge in [0.1, 0.15) is 5.82 Å². The van der Waals surface area contributed by atoms with Gasteiger partial charge in [0.05, 0.1) is 11.2 Å². The minimum Gasteiger partial charge on any atom is -0.247 e. The van der Waals surface area contributed by atoms with Gasteiger partial charge in [-0.1, -0.05) is 6.92 Å². The molecule has 0 radical (unpaired) electrons. The first-order valence-electron chi connectivity index (χ1n) is 3.07. The van der Waals surface area contributed by atoms with Crippen molar-refractivity contribution in [2.45, 2.75) is 11.9 Å². The van der Waals surface area contributed by atoms with Crippen molar-refractivity contribution in [2.24, 2.45) is 0 Å². The van der Waals surface area contributed by atoms with Crippen LogP contribution in [0.1, 0.15) is 6.92 Å². The van der Waals surface area contributed by atoms with Gasteiger partial charge in [-0.05, 0) is 17.9 Å². The van der Waals surface area contributed by atoms with Crippen molar-refractivity contribution in [2.75, 3.05) is 5.75 Å². The van der Waals surface area contributed by atoms with E-state index < -0.39 is 0 Å². The Kier molecular flexibility index (Phi) is 2.68. The summed E-state index contributed by atoms with van der Waals surface area (Å²) < 4.78 is 12.3. The molecule has 0 saturated heterocycles. The summed E-state index contributed by atoms with van der Waals surface area (Å²) in [5.74, 6) is 0.694. The molecule has 1 nitrogen and oxygen atoms in total. The number of halogens is 1. The molecule has 1 heterocycles. The minimum absolute atomic E-state index is 0.277. The Hall–Kier alpha value is -0.570. The van der Waals surface area contributed by atoms with Crippen molar-refractivity contribution in [1.29, 1.82) is 0 Å². The van der Waals surface area contributed by atoms with Crippen LogP contribution in [0.5, 0.6) is 0 Å². The Labute approximate surface area is 63.7 Å². The molecule has 0 bridgehead atoms. The molecular formula is C7H8FNS. The van der Waals surface area contributed by atoms with E-state index in [0.717, 1.165) is 10.8 Å². The molecule has 0 aliphatic rings. The summed E-state index contributed by atoms with van der Waals surface area (Å²) in [5, 5.41) is 0.879. The van der Waals surface area contributed by atoms with E-state index in [1.165, 1.54) is 12.3 Å². The van der Waals surface area contributed by atoms with E-state index in [2.05, 4.69) is 4.98 Å². The van der Waals surface area contributed by atoms with Crippen LogP contribution in [0, 0.1) is 5.82 Å². The predicted octanol–water partition coefficient (Wildman–Crippen LogP) is 2.33. The lowest BCUT2D eigenvalue weighted by molar-refractivity contribution is 0.618. The number of hydrogen-bond acceptors (Lipinski definition) is 2. The molecule has 3 heteroatoms. The third kappa shape index (κ3) is 1.99. The number of nitrogens with zero attached hydrogens (tertiary/aromatic N) is 1. The highest BCUT2D eigenvalue weighted by atomic mass is 32.2. The van der Waals surface area contributed by atoms with Gasteiger partial charge in [0, 0.05) is 0 Å². The van der Waals surface area contributed by atoms with Crippen molar-refractivity contribution in [3.05, 3.63) is 24.1 Å². The van der Waals surface area contributed by atoms with Crippen LogP contribution in [-0.2, 0) is 0 Å². The molecule has 0 aliphatic heterocycles. The van der Waals surface area contributed by atoms with E-state index in [-0.39, 0.29) is 5.82 Å². The maximum Gasteiger partial charge on any atom is 0.141 e. The summed E-state index contributed by atoms with van der Waals surface area (Å²) in [6.07, 6.45) is 1.23. The molecule has 0 saturated carbocycles. The van der Waals surface area contributed by atoms with E-state index in [9.17, 15) is 4.39 Å². The smallest absolute Gasteiger partial charge is 0.141 e. The second-order valence-electron chi connectivity index (χ2n) is 1.75. The first kappa shape index (κ1) is 7.54. The Morgan fingerprint density at radius 1 is 1.60 bits per heavy atom. The second-order valence-corrected chi connectivity index (χ2v) is 3.03. The van der Waals surface area contributed by atoms with E-state index >= 15 is 0 Å². The average Bonchev–Trinajstić information content (AvgIpc) is 1.95. The van der Waals surface area contributed by atoms with Crippen molar-refractivity contribution in [3.8, 4) is 0 Å². The topological polar surface area (TPSA) is 12.9 Å². The van der Waals surface area contributed by atoms with Crippen LogP contribution in [0.25, 0.3) is 0 Å². The van der Waals surface area contributed by atoms with Crippen molar-refractivity contribution < 1.29 is 4.39 Å². The summed E-state index contributed by atoms with van der Waals surface area (Å²) in [7, 11) is 0. The average molecular weight is 157 g/mol. The molecule has 0 aromatic carbocycles. The molecule has 0 unspecified atom stereocenters. The van der Waals surface area contributed by atoms with Gasteiger partial charge >= 0.3 is 0 Å². The maximum atomic E-state index is 12.3. The zero-order chi connectivity index (χ0) is 7.40. The monoisotopic (exact) mass is 157 g/mol. The van der Waals surface area contributed by atoms with Crippen LogP contribution >= 0.6 is 11.8 Å². The standard InChI is InChI=1S/C7H8FNS/c1-2-10-7-4-3-6(8)5-9-7/h3-5H,2H2,1H3. The molecule has 1 aromatic rings. The van der Waals surface area contributed by atoms with Gasteiger partial charge in [-0.15, -0.1) is 11.8 Å². The van der Waals surface area contributed by atoms with Gasteiger partial charge in [0.15, 0.2) is 0 Å². The van der Waals surface area contributed by atoms with E-state index in [4.69, 9.17) is 0 Å². The highest BCUT2D eigenvalue weighted by Crippen LogP contribution is 2.13. The number of aromatic nitrogens is 1. The van der Waals surface area contributed by atoms with Gasteiger partial charge < -0.3 is 0 Å². The molecule has 10 heavy (non-hydrogen) atoms. The summed E-state index contributed by atoms with van der Waals surface area (Å²) >= 11 is 1.61. The summed E-state index contributed by atoms with van der Waals surface area (Å²) in [5.41, 5.74) is 0. The Bertz CT molecular complexity index is 197. The Morgan fingerprint density at radius 2 is 2.40 bits per heavy atom. The molecule has 0 aliphatic carbocycles. The van der Waals surface area contributed by atoms with Gasteiger partial charge in [-0.2, -0.15) is 0 Å². The minimum atomic E-state index is -0.277. The van der Waals surface area contributed by atoms with E-state index in [1.807, 2.05) is 6.92 Å². The molecule has 0 N–H and O–H groups in total. The van der Waals surface area contributed by atoms with Crippen molar-refractivity contribution in [3.63, 3.8) is 0 Å². The quantitative estimate of drug-likeness (QED) is 0.611. The van der Waals surface area contributed by atoms with Gasteiger partial charge in [0.25, 0.3) is 0 Å². The number of thioether (sulfide) groups is 1. The van der Waals surface area contributed by atoms with E-state index in [1.54, 1.807) is 17.8 Å². The lowest BCUT2D eigenvalue weighted by Crippen LogP contribution is -1.80. The second kappa shape index (κ2) is 3.56. The zero-order valence-electron chi connectivity index (χ0n) is 5.67. The Balaban J connectivity index is 2.69. The number of hydrogen-bond donors (Lipinski definition) is 0. The number of rotatable bonds is 2. The summed E-state index contributed by atoms with van der Waals surface area (Å²) in [6, 6.07) is 3.11. The Morgan fingerprint density at radius 3 is 2.90 bits per heavy atom. The van der Waals surface area contributed by atoms with Crippen LogP contribution in [0.3, 0.4) is 0 Å². The van der Waals surface area contributed by atoms with E-state index in [0.29, 0.717) is 0 Å². The molecule has 1 aromatic heterocycles. The largest absolute Gasteiger partial charge is 0.247 e. The predicted molar refractivity (Wildman–Crippen MR) is 40.6 cm³/mol. The summed E-state index contributed by atoms with van der Waals surface area (Å²) in [4.78, 5) is 3.86. The fourth-order valence-corrected chi connectivity index (χ4v) is 1.18. The zero-order valence-corrected chi connectivity index (χ0v) is 6.49. The number of pyridine rings is 1. The normalized spacial score (nSPS) is 9.80. The maximum absolute atomic E-state index is 12.3. The van der Waals surface area contributed by atoms with Crippen molar-refractivity contribution >= 4 is 11.8 Å². The molecule has 54 valence electrons. The van der Waals surface area contributed by atoms with Crippen LogP contribution in [0.2, 0.25) is 0 Å². The summed E-state index contributed by atoms with van der Waals surface area (Å²) in [6.45, 7) is 2.04. The van der Waals surface area contributed by atoms with Crippen LogP contribution in [0.15, 0.2) is 23.4 Å². The van der Waals surface area contributed by atoms with Crippen LogP contribution in [-0.4, -0.2) is 10.7 Å². The lowest BCUT2D eigenvalue weighted by Gasteiger charge is -1.94. The van der Waals surface area contributed by atoms with Gasteiger partial charge in [0.2, 0.25) is 0 Å². The van der Waals surface area contributed by atoms with Crippen LogP contribution < -0.4 is 0 Å². The van der Waals surface area contributed by atoms with Crippen molar-refractivity contribution in [1.82, 2.24) is 4.98 Å². The molecule has 0 fully saturated rings. The molecular weight excluding hydrogens is 149 g/mol. The van der Waals surface area contributed by atoms with Gasteiger partial charge in [-0.25, -0.2) is 9.37 Å². The molecule has 0 atom stereocenters. The van der Waals surface area contributed by atoms with Crippen LogP contribution in [0.4, 0.5) is 4.39 Å². The third-order valence-electron chi connectivity index (χ3n) is 0.992. The first-order chi connectivity index (χ1) is 4.83. The molecule has 1 rings (SSSR count). The molecule has 0 spiro atoms. The lowest BCUT2D eigenvalue weighted by atomic mass is 10.5. The van der Waals surface area contributed by atoms with Gasteiger partial charge in [-0.3, -0.25) is 0 Å². The molecule has 0 amide bonds. The highest BCUT2D eigenvalue weighted by Gasteiger charge is 1.92. The highest BCUT2D eigenvalue weighted by molar-refractivity contribution is 7.99. The SMILES string of the molecule is CCSc1ccc(F)cn1.